The number of ether oxygens (including phenoxy) is 1. The molecule has 0 spiro atoms. The first-order valence-electron chi connectivity index (χ1n) is 5.39. The van der Waals surface area contributed by atoms with Crippen LogP contribution in [-0.4, -0.2) is 10.9 Å². The van der Waals surface area contributed by atoms with Crippen LogP contribution in [0.5, 0.6) is 5.75 Å². The van der Waals surface area contributed by atoms with Crippen molar-refractivity contribution in [3.05, 3.63) is 66.7 Å². The number of benzene rings is 2. The topological polar surface area (TPSA) is 69.4 Å². The lowest BCUT2D eigenvalue weighted by molar-refractivity contribution is -0.384. The standard InChI is InChI=1S/C13H7ClINO4/c14-11-5-4-8(6-12(11)16(18)19)13(17)20-10-3-1-2-9(15)7-10/h1-7H. The molecule has 0 radical (unpaired) electrons. The molecule has 0 saturated heterocycles. The van der Waals surface area contributed by atoms with Crippen LogP contribution in [0.25, 0.3) is 0 Å². The number of esters is 1. The third kappa shape index (κ3) is 3.45. The van der Waals surface area contributed by atoms with Gasteiger partial charge in [-0.3, -0.25) is 10.1 Å². The fourth-order valence-electron chi connectivity index (χ4n) is 1.48. The smallest absolute Gasteiger partial charge is 0.343 e. The van der Waals surface area contributed by atoms with Crippen molar-refractivity contribution in [1.29, 1.82) is 0 Å². The molecule has 0 heterocycles. The zero-order valence-electron chi connectivity index (χ0n) is 9.88. The highest BCUT2D eigenvalue weighted by Crippen LogP contribution is 2.26. The Kier molecular flexibility index (Phi) is 4.56. The lowest BCUT2D eigenvalue weighted by Gasteiger charge is -2.05. The van der Waals surface area contributed by atoms with Crippen LogP contribution < -0.4 is 4.74 Å². The molecule has 0 saturated carbocycles. The molecule has 0 aliphatic heterocycles. The highest BCUT2D eigenvalue weighted by molar-refractivity contribution is 14.1. The molecule has 2 aromatic rings. The van der Waals surface area contributed by atoms with Crippen LogP contribution >= 0.6 is 34.2 Å². The van der Waals surface area contributed by atoms with Crippen molar-refractivity contribution in [2.75, 3.05) is 0 Å². The summed E-state index contributed by atoms with van der Waals surface area (Å²) in [5.41, 5.74) is -0.260. The Morgan fingerprint density at radius 1 is 1.25 bits per heavy atom. The van der Waals surface area contributed by atoms with Gasteiger partial charge in [0.1, 0.15) is 10.8 Å². The summed E-state index contributed by atoms with van der Waals surface area (Å²) in [5.74, 6) is -0.300. The number of halogens is 2. The maximum Gasteiger partial charge on any atom is 0.343 e. The average Bonchev–Trinajstić information content (AvgIpc) is 2.38. The molecule has 0 aliphatic rings. The molecule has 0 aliphatic carbocycles. The SMILES string of the molecule is O=C(Oc1cccc(I)c1)c1ccc(Cl)c([N+](=O)[O-])c1. The van der Waals surface area contributed by atoms with Gasteiger partial charge in [-0.25, -0.2) is 4.79 Å². The number of carbonyl (C=O) groups is 1. The second-order valence-corrected chi connectivity index (χ2v) is 5.42. The summed E-state index contributed by atoms with van der Waals surface area (Å²) >= 11 is 7.77. The molecule has 0 N–H and O–H groups in total. The fourth-order valence-corrected chi connectivity index (χ4v) is 2.18. The normalized spacial score (nSPS) is 10.1. The van der Waals surface area contributed by atoms with Crippen molar-refractivity contribution in [1.82, 2.24) is 0 Å². The van der Waals surface area contributed by atoms with Gasteiger partial charge in [-0.1, -0.05) is 17.7 Å². The summed E-state index contributed by atoms with van der Waals surface area (Å²) in [7, 11) is 0. The second kappa shape index (κ2) is 6.19. The van der Waals surface area contributed by atoms with E-state index in [1.165, 1.54) is 12.1 Å². The summed E-state index contributed by atoms with van der Waals surface area (Å²) in [6.07, 6.45) is 0. The maximum absolute atomic E-state index is 11.9. The van der Waals surface area contributed by atoms with E-state index < -0.39 is 10.9 Å². The van der Waals surface area contributed by atoms with E-state index in [0.29, 0.717) is 5.75 Å². The van der Waals surface area contributed by atoms with E-state index in [-0.39, 0.29) is 16.3 Å². The Balaban J connectivity index is 2.26. The van der Waals surface area contributed by atoms with Crippen LogP contribution in [0.2, 0.25) is 5.02 Å². The van der Waals surface area contributed by atoms with Gasteiger partial charge in [-0.15, -0.1) is 0 Å². The van der Waals surface area contributed by atoms with Gasteiger partial charge in [0.2, 0.25) is 0 Å². The predicted octanol–water partition coefficient (Wildman–Crippen LogP) is 4.07. The first-order valence-corrected chi connectivity index (χ1v) is 6.85. The minimum atomic E-state index is -0.674. The summed E-state index contributed by atoms with van der Waals surface area (Å²) in [6, 6.07) is 10.7. The van der Waals surface area contributed by atoms with Crippen LogP contribution in [0.4, 0.5) is 5.69 Å². The van der Waals surface area contributed by atoms with Crippen molar-refractivity contribution in [3.8, 4) is 5.75 Å². The lowest BCUT2D eigenvalue weighted by atomic mass is 10.2. The Morgan fingerprint density at radius 3 is 2.65 bits per heavy atom. The molecule has 0 aromatic heterocycles. The Morgan fingerprint density at radius 2 is 2.00 bits per heavy atom. The Hall–Kier alpha value is -1.67. The van der Waals surface area contributed by atoms with Crippen LogP contribution in [0.1, 0.15) is 10.4 Å². The van der Waals surface area contributed by atoms with E-state index in [1.807, 2.05) is 6.07 Å². The van der Waals surface area contributed by atoms with E-state index in [2.05, 4.69) is 22.6 Å². The van der Waals surface area contributed by atoms with Gasteiger partial charge in [-0.2, -0.15) is 0 Å². The number of rotatable bonds is 3. The molecule has 2 rings (SSSR count). The highest BCUT2D eigenvalue weighted by Gasteiger charge is 2.17. The molecule has 0 unspecified atom stereocenters. The molecule has 2 aromatic carbocycles. The van der Waals surface area contributed by atoms with E-state index in [1.54, 1.807) is 18.2 Å². The summed E-state index contributed by atoms with van der Waals surface area (Å²) < 4.78 is 6.06. The molecular formula is C13H7ClINO4. The van der Waals surface area contributed by atoms with Crippen LogP contribution in [-0.2, 0) is 0 Å². The highest BCUT2D eigenvalue weighted by atomic mass is 127. The van der Waals surface area contributed by atoms with Gasteiger partial charge in [0.15, 0.2) is 0 Å². The van der Waals surface area contributed by atoms with Crippen molar-refractivity contribution in [2.45, 2.75) is 0 Å². The quantitative estimate of drug-likeness (QED) is 0.255. The predicted molar refractivity (Wildman–Crippen MR) is 82.2 cm³/mol. The molecule has 5 nitrogen and oxygen atoms in total. The summed E-state index contributed by atoms with van der Waals surface area (Å²) in [4.78, 5) is 22.0. The fraction of sp³-hybridized carbons (Fsp3) is 0. The minimum Gasteiger partial charge on any atom is -0.423 e. The number of nitro groups is 1. The van der Waals surface area contributed by atoms with Gasteiger partial charge in [0.05, 0.1) is 10.5 Å². The van der Waals surface area contributed by atoms with Crippen molar-refractivity contribution in [2.24, 2.45) is 0 Å². The van der Waals surface area contributed by atoms with Crippen molar-refractivity contribution in [3.63, 3.8) is 0 Å². The molecule has 0 amide bonds. The zero-order valence-corrected chi connectivity index (χ0v) is 12.8. The molecule has 0 atom stereocenters. The number of nitrogens with zero attached hydrogens (tertiary/aromatic N) is 1. The lowest BCUT2D eigenvalue weighted by Crippen LogP contribution is -2.09. The number of carbonyl (C=O) groups excluding carboxylic acids is 1. The van der Waals surface area contributed by atoms with Gasteiger partial charge in [0, 0.05) is 9.64 Å². The Labute approximate surface area is 132 Å². The molecule has 0 bridgehead atoms. The monoisotopic (exact) mass is 403 g/mol. The third-order valence-corrected chi connectivity index (χ3v) is 3.38. The van der Waals surface area contributed by atoms with Gasteiger partial charge in [0.25, 0.3) is 5.69 Å². The first-order chi connectivity index (χ1) is 9.47. The van der Waals surface area contributed by atoms with Crippen LogP contribution in [0, 0.1) is 13.7 Å². The third-order valence-electron chi connectivity index (χ3n) is 2.39. The molecule has 0 fully saturated rings. The van der Waals surface area contributed by atoms with Gasteiger partial charge in [-0.05, 0) is 52.9 Å². The maximum atomic E-state index is 11.9. The van der Waals surface area contributed by atoms with E-state index >= 15 is 0 Å². The van der Waals surface area contributed by atoms with Crippen LogP contribution in [0.15, 0.2) is 42.5 Å². The summed E-state index contributed by atoms with van der Waals surface area (Å²) in [6.45, 7) is 0. The molecule has 102 valence electrons. The number of hydrogen-bond donors (Lipinski definition) is 0. The average molecular weight is 404 g/mol. The minimum absolute atomic E-state index is 0.0270. The zero-order chi connectivity index (χ0) is 14.7. The van der Waals surface area contributed by atoms with Crippen molar-refractivity contribution < 1.29 is 14.5 Å². The molecular weight excluding hydrogens is 397 g/mol. The Bertz CT molecular complexity index is 690. The number of hydrogen-bond acceptors (Lipinski definition) is 4. The van der Waals surface area contributed by atoms with Gasteiger partial charge < -0.3 is 4.74 Å². The molecule has 20 heavy (non-hydrogen) atoms. The van der Waals surface area contributed by atoms with E-state index in [9.17, 15) is 14.9 Å². The first kappa shape index (κ1) is 14.7. The van der Waals surface area contributed by atoms with E-state index in [4.69, 9.17) is 16.3 Å². The van der Waals surface area contributed by atoms with Crippen LogP contribution in [0.3, 0.4) is 0 Å². The van der Waals surface area contributed by atoms with Crippen molar-refractivity contribution >= 4 is 45.8 Å². The van der Waals surface area contributed by atoms with E-state index in [0.717, 1.165) is 9.64 Å². The second-order valence-electron chi connectivity index (χ2n) is 3.77. The largest absolute Gasteiger partial charge is 0.423 e. The van der Waals surface area contributed by atoms with Gasteiger partial charge >= 0.3 is 5.97 Å². The summed E-state index contributed by atoms with van der Waals surface area (Å²) in [5, 5.41) is 10.7. The number of nitro benzene ring substituents is 1. The molecule has 7 heteroatoms.